The number of carbonyl (C=O) groups excluding carboxylic acids is 2. The van der Waals surface area contributed by atoms with Crippen LogP contribution in [0.4, 0.5) is 4.79 Å². The second-order valence-corrected chi connectivity index (χ2v) is 9.02. The molecule has 1 N–H and O–H groups in total. The molecule has 9 nitrogen and oxygen atoms in total. The number of nitrogens with one attached hydrogen (secondary N) is 1. The zero-order valence-electron chi connectivity index (χ0n) is 21.0. The van der Waals surface area contributed by atoms with Crippen molar-refractivity contribution in [2.75, 3.05) is 27.8 Å². The molecule has 1 aromatic carbocycles. The molecule has 9 heteroatoms. The summed E-state index contributed by atoms with van der Waals surface area (Å²) in [5, 5.41) is 3.96. The lowest BCUT2D eigenvalue weighted by Gasteiger charge is -2.21. The van der Waals surface area contributed by atoms with Gasteiger partial charge in [0.2, 0.25) is 0 Å². The van der Waals surface area contributed by atoms with Crippen molar-refractivity contribution < 1.29 is 23.8 Å². The first kappa shape index (κ1) is 25.7. The molecular formula is C26H32N4O5. The highest BCUT2D eigenvalue weighted by Gasteiger charge is 2.22. The summed E-state index contributed by atoms with van der Waals surface area (Å²) in [7, 11) is 4.83. The van der Waals surface area contributed by atoms with Crippen molar-refractivity contribution in [1.29, 1.82) is 0 Å². The van der Waals surface area contributed by atoms with Crippen molar-refractivity contribution in [3.8, 4) is 11.5 Å². The number of methoxy groups -OCH3 is 2. The Balaban J connectivity index is 1.94. The van der Waals surface area contributed by atoms with Crippen molar-refractivity contribution in [2.45, 2.75) is 39.3 Å². The number of rotatable bonds is 8. The highest BCUT2D eigenvalue weighted by atomic mass is 16.6. The van der Waals surface area contributed by atoms with Crippen LogP contribution in [-0.4, -0.2) is 60.3 Å². The number of nitrogens with zero attached hydrogens (tertiary/aromatic N) is 3. The van der Waals surface area contributed by atoms with Gasteiger partial charge in [0.15, 0.2) is 0 Å². The van der Waals surface area contributed by atoms with Gasteiger partial charge in [-0.25, -0.2) is 4.79 Å². The van der Waals surface area contributed by atoms with Gasteiger partial charge in [-0.1, -0.05) is 6.07 Å². The Hall–Kier alpha value is -3.88. The lowest BCUT2D eigenvalue weighted by atomic mass is 10.0. The number of alkyl carbamates (subject to hydrolysis) is 1. The number of aromatic nitrogens is 2. The fourth-order valence-electron chi connectivity index (χ4n) is 3.57. The average molecular weight is 481 g/mol. The van der Waals surface area contributed by atoms with Crippen LogP contribution in [0.3, 0.4) is 0 Å². The molecule has 3 aromatic rings. The normalized spacial score (nSPS) is 11.1. The summed E-state index contributed by atoms with van der Waals surface area (Å²) < 4.78 is 16.4. The number of likely N-dealkylation sites (N-methyl/N-ethyl adjacent to an activating group) is 1. The molecule has 2 aromatic heterocycles. The van der Waals surface area contributed by atoms with Gasteiger partial charge in [0.1, 0.15) is 17.1 Å². The molecule has 0 aliphatic carbocycles. The minimum atomic E-state index is -0.624. The summed E-state index contributed by atoms with van der Waals surface area (Å²) in [6, 6.07) is 9.20. The van der Waals surface area contributed by atoms with Crippen LogP contribution in [0.25, 0.3) is 10.8 Å². The smallest absolute Gasteiger partial charge is 0.407 e. The molecule has 0 aliphatic rings. The van der Waals surface area contributed by atoms with Crippen LogP contribution in [-0.2, 0) is 17.7 Å². The standard InChI is InChI=1S/C26H32N4O5/c1-26(2,3)35-25(32)29-16-21-23-19(13-18(33-5)14-22(23)34-6)20(15-28-21)24(31)30(4)12-10-17-9-7-8-11-27-17/h7-9,11,13-15H,10,12,16H2,1-6H3,(H,29,32). The fourth-order valence-corrected chi connectivity index (χ4v) is 3.57. The maximum Gasteiger partial charge on any atom is 0.407 e. The first-order valence-electron chi connectivity index (χ1n) is 11.3. The first-order chi connectivity index (χ1) is 16.6. The number of ether oxygens (including phenoxy) is 3. The van der Waals surface area contributed by atoms with E-state index in [0.29, 0.717) is 46.5 Å². The van der Waals surface area contributed by atoms with E-state index in [1.54, 1.807) is 58.2 Å². The third kappa shape index (κ3) is 6.59. The van der Waals surface area contributed by atoms with Gasteiger partial charge in [0.05, 0.1) is 32.0 Å². The topological polar surface area (TPSA) is 103 Å². The summed E-state index contributed by atoms with van der Waals surface area (Å²) in [6.07, 6.45) is 3.32. The van der Waals surface area contributed by atoms with Gasteiger partial charge < -0.3 is 24.4 Å². The Kier molecular flexibility index (Phi) is 8.11. The zero-order valence-corrected chi connectivity index (χ0v) is 21.0. The largest absolute Gasteiger partial charge is 0.497 e. The van der Waals surface area contributed by atoms with E-state index in [1.165, 1.54) is 13.3 Å². The summed E-state index contributed by atoms with van der Waals surface area (Å²) in [5.41, 5.74) is 1.22. The van der Waals surface area contributed by atoms with Crippen LogP contribution in [0.1, 0.15) is 42.5 Å². The number of hydrogen-bond donors (Lipinski definition) is 1. The second-order valence-electron chi connectivity index (χ2n) is 9.02. The van der Waals surface area contributed by atoms with Gasteiger partial charge in [0, 0.05) is 54.9 Å². The van der Waals surface area contributed by atoms with Crippen LogP contribution >= 0.6 is 0 Å². The Labute approximate surface area is 205 Å². The average Bonchev–Trinajstić information content (AvgIpc) is 2.84. The van der Waals surface area contributed by atoms with Crippen LogP contribution in [0.15, 0.2) is 42.7 Å². The molecule has 186 valence electrons. The summed E-state index contributed by atoms with van der Waals surface area (Å²) in [4.78, 5) is 36.1. The molecule has 0 atom stereocenters. The Morgan fingerprint density at radius 1 is 1.09 bits per heavy atom. The molecule has 2 amide bonds. The third-order valence-corrected chi connectivity index (χ3v) is 5.27. The van der Waals surface area contributed by atoms with Gasteiger partial charge in [-0.2, -0.15) is 0 Å². The molecule has 0 unspecified atom stereocenters. The number of amides is 2. The highest BCUT2D eigenvalue weighted by molar-refractivity contribution is 6.09. The number of pyridine rings is 2. The quantitative estimate of drug-likeness (QED) is 0.520. The van der Waals surface area contributed by atoms with Crippen LogP contribution in [0.5, 0.6) is 11.5 Å². The molecule has 0 spiro atoms. The van der Waals surface area contributed by atoms with Crippen molar-refractivity contribution in [3.63, 3.8) is 0 Å². The van der Waals surface area contributed by atoms with E-state index in [9.17, 15) is 9.59 Å². The van der Waals surface area contributed by atoms with E-state index in [-0.39, 0.29) is 12.5 Å². The Bertz CT molecular complexity index is 1190. The van der Waals surface area contributed by atoms with Gasteiger partial charge in [0.25, 0.3) is 5.91 Å². The molecule has 0 saturated carbocycles. The van der Waals surface area contributed by atoms with E-state index in [4.69, 9.17) is 14.2 Å². The van der Waals surface area contributed by atoms with Gasteiger partial charge in [-0.15, -0.1) is 0 Å². The number of carbonyl (C=O) groups is 2. The summed E-state index contributed by atoms with van der Waals surface area (Å²) in [6.45, 7) is 5.96. The SMILES string of the molecule is COc1cc(OC)c2c(CNC(=O)OC(C)(C)C)ncc(C(=O)N(C)CCc3ccccn3)c2c1. The fraction of sp³-hybridized carbons (Fsp3) is 0.385. The summed E-state index contributed by atoms with van der Waals surface area (Å²) in [5.74, 6) is 0.829. The predicted molar refractivity (Wildman–Crippen MR) is 133 cm³/mol. The highest BCUT2D eigenvalue weighted by Crippen LogP contribution is 2.35. The van der Waals surface area contributed by atoms with E-state index in [0.717, 1.165) is 5.69 Å². The lowest BCUT2D eigenvalue weighted by Crippen LogP contribution is -2.32. The minimum absolute atomic E-state index is 0.0953. The minimum Gasteiger partial charge on any atom is -0.497 e. The number of benzene rings is 1. The maximum atomic E-state index is 13.4. The monoisotopic (exact) mass is 480 g/mol. The van der Waals surface area contributed by atoms with Crippen LogP contribution in [0.2, 0.25) is 0 Å². The molecule has 0 radical (unpaired) electrons. The zero-order chi connectivity index (χ0) is 25.6. The molecule has 3 rings (SSSR count). The summed E-state index contributed by atoms with van der Waals surface area (Å²) >= 11 is 0. The third-order valence-electron chi connectivity index (χ3n) is 5.27. The van der Waals surface area contributed by atoms with Crippen molar-refractivity contribution in [3.05, 3.63) is 59.7 Å². The van der Waals surface area contributed by atoms with E-state index in [2.05, 4.69) is 15.3 Å². The Morgan fingerprint density at radius 3 is 2.49 bits per heavy atom. The molecule has 0 saturated heterocycles. The van der Waals surface area contributed by atoms with Gasteiger partial charge in [-0.05, 0) is 39.0 Å². The Morgan fingerprint density at radius 2 is 1.86 bits per heavy atom. The van der Waals surface area contributed by atoms with Crippen LogP contribution < -0.4 is 14.8 Å². The van der Waals surface area contributed by atoms with E-state index in [1.807, 2.05) is 18.2 Å². The lowest BCUT2D eigenvalue weighted by molar-refractivity contribution is 0.0522. The predicted octanol–water partition coefficient (Wildman–Crippen LogP) is 3.99. The number of hydrogen-bond acceptors (Lipinski definition) is 7. The van der Waals surface area contributed by atoms with Crippen LogP contribution in [0, 0.1) is 0 Å². The van der Waals surface area contributed by atoms with Gasteiger partial charge in [-0.3, -0.25) is 14.8 Å². The molecule has 2 heterocycles. The van der Waals surface area contributed by atoms with E-state index >= 15 is 0 Å². The maximum absolute atomic E-state index is 13.4. The van der Waals surface area contributed by atoms with E-state index < -0.39 is 11.7 Å². The van der Waals surface area contributed by atoms with Crippen molar-refractivity contribution in [2.24, 2.45) is 0 Å². The molecule has 35 heavy (non-hydrogen) atoms. The molecule has 0 fully saturated rings. The first-order valence-corrected chi connectivity index (χ1v) is 11.3. The molecule has 0 bridgehead atoms. The van der Waals surface area contributed by atoms with Crippen molar-refractivity contribution >= 4 is 22.8 Å². The second kappa shape index (κ2) is 11.0. The van der Waals surface area contributed by atoms with Gasteiger partial charge >= 0.3 is 6.09 Å². The molecule has 0 aliphatic heterocycles. The number of fused-ring (bicyclic) bond motifs is 1. The van der Waals surface area contributed by atoms with Crippen molar-refractivity contribution in [1.82, 2.24) is 20.2 Å². The molecular weight excluding hydrogens is 448 g/mol.